The van der Waals surface area contributed by atoms with Crippen LogP contribution in [0.5, 0.6) is 0 Å². The predicted molar refractivity (Wildman–Crippen MR) is 103 cm³/mol. The van der Waals surface area contributed by atoms with Gasteiger partial charge in [0.1, 0.15) is 5.76 Å². The Morgan fingerprint density at radius 3 is 2.64 bits per heavy atom. The molecule has 0 saturated carbocycles. The Balaban J connectivity index is 1.50. The molecule has 0 atom stereocenters. The fourth-order valence-corrected chi connectivity index (χ4v) is 3.16. The lowest BCUT2D eigenvalue weighted by molar-refractivity contribution is 0.582. The van der Waals surface area contributed by atoms with E-state index < -0.39 is 0 Å². The third kappa shape index (κ3) is 3.51. The Hall–Kier alpha value is -3.18. The summed E-state index contributed by atoms with van der Waals surface area (Å²) in [5.74, 6) is 0.822. The molecule has 4 nitrogen and oxygen atoms in total. The molecule has 4 aromatic rings. The highest BCUT2D eigenvalue weighted by Gasteiger charge is 2.05. The van der Waals surface area contributed by atoms with Gasteiger partial charge in [-0.2, -0.15) is 5.10 Å². The van der Waals surface area contributed by atoms with Gasteiger partial charge in [-0.25, -0.2) is 4.98 Å². The van der Waals surface area contributed by atoms with Crippen LogP contribution in [0.4, 0.5) is 5.13 Å². The Bertz CT molecular complexity index is 975. The van der Waals surface area contributed by atoms with Gasteiger partial charge in [0, 0.05) is 22.1 Å². The average Bonchev–Trinajstić information content (AvgIpc) is 3.35. The molecule has 122 valence electrons. The van der Waals surface area contributed by atoms with Gasteiger partial charge in [-0.3, -0.25) is 5.43 Å². The number of hydrogen-bond acceptors (Lipinski definition) is 5. The van der Waals surface area contributed by atoms with Gasteiger partial charge in [0.05, 0.1) is 18.2 Å². The van der Waals surface area contributed by atoms with Crippen molar-refractivity contribution in [3.63, 3.8) is 0 Å². The quantitative estimate of drug-likeness (QED) is 0.383. The Kier molecular flexibility index (Phi) is 4.39. The lowest BCUT2D eigenvalue weighted by Gasteiger charge is -2.02. The molecule has 0 bridgehead atoms. The number of nitrogens with zero attached hydrogens (tertiary/aromatic N) is 2. The van der Waals surface area contributed by atoms with Crippen molar-refractivity contribution in [3.8, 4) is 22.6 Å². The van der Waals surface area contributed by atoms with E-state index in [9.17, 15) is 0 Å². The number of benzene rings is 2. The van der Waals surface area contributed by atoms with Crippen molar-refractivity contribution in [2.24, 2.45) is 5.10 Å². The summed E-state index contributed by atoms with van der Waals surface area (Å²) in [7, 11) is 0. The zero-order chi connectivity index (χ0) is 16.9. The molecule has 5 heteroatoms. The number of thiazole rings is 1. The highest BCUT2D eigenvalue weighted by Crippen LogP contribution is 2.25. The van der Waals surface area contributed by atoms with Crippen molar-refractivity contribution in [1.29, 1.82) is 0 Å². The fourth-order valence-electron chi connectivity index (χ4n) is 2.49. The monoisotopic (exact) mass is 345 g/mol. The highest BCUT2D eigenvalue weighted by molar-refractivity contribution is 7.14. The molecule has 0 radical (unpaired) electrons. The van der Waals surface area contributed by atoms with Gasteiger partial charge in [-0.05, 0) is 12.1 Å². The molecule has 2 aromatic carbocycles. The average molecular weight is 345 g/mol. The summed E-state index contributed by atoms with van der Waals surface area (Å²) >= 11 is 1.53. The maximum absolute atomic E-state index is 5.48. The predicted octanol–water partition coefficient (Wildman–Crippen LogP) is 5.52. The standard InChI is InChI=1S/C20H15N3OS/c1-2-7-15(8-3-1)18-14-25-20(22-18)23-21-13-16-9-4-5-10-17(16)19-11-6-12-24-19/h1-14H,(H,22,23). The number of hydrazone groups is 1. The van der Waals surface area contributed by atoms with Gasteiger partial charge in [-0.1, -0.05) is 54.6 Å². The molecule has 1 N–H and O–H groups in total. The van der Waals surface area contributed by atoms with Crippen LogP contribution in [0.25, 0.3) is 22.6 Å². The largest absolute Gasteiger partial charge is 0.464 e. The van der Waals surface area contributed by atoms with Crippen molar-refractivity contribution >= 4 is 22.7 Å². The first-order valence-corrected chi connectivity index (χ1v) is 8.71. The van der Waals surface area contributed by atoms with Crippen molar-refractivity contribution in [3.05, 3.63) is 83.9 Å². The molecule has 0 aliphatic rings. The fraction of sp³-hybridized carbons (Fsp3) is 0. The van der Waals surface area contributed by atoms with Crippen molar-refractivity contribution in [2.45, 2.75) is 0 Å². The number of anilines is 1. The van der Waals surface area contributed by atoms with E-state index >= 15 is 0 Å². The van der Waals surface area contributed by atoms with Gasteiger partial charge in [0.25, 0.3) is 0 Å². The molecule has 0 aliphatic heterocycles. The highest BCUT2D eigenvalue weighted by atomic mass is 32.1. The lowest BCUT2D eigenvalue weighted by atomic mass is 10.1. The Morgan fingerprint density at radius 1 is 0.960 bits per heavy atom. The molecule has 2 aromatic heterocycles. The summed E-state index contributed by atoms with van der Waals surface area (Å²) in [4.78, 5) is 4.56. The van der Waals surface area contributed by atoms with Crippen LogP contribution in [0.3, 0.4) is 0 Å². The van der Waals surface area contributed by atoms with Gasteiger partial charge >= 0.3 is 0 Å². The van der Waals surface area contributed by atoms with Crippen LogP contribution in [-0.2, 0) is 0 Å². The molecule has 0 unspecified atom stereocenters. The normalized spacial score (nSPS) is 11.0. The second kappa shape index (κ2) is 7.15. The van der Waals surface area contributed by atoms with Gasteiger partial charge in [0.2, 0.25) is 5.13 Å². The summed E-state index contributed by atoms with van der Waals surface area (Å²) in [6.07, 6.45) is 3.45. The zero-order valence-corrected chi connectivity index (χ0v) is 14.1. The lowest BCUT2D eigenvalue weighted by Crippen LogP contribution is -1.92. The van der Waals surface area contributed by atoms with Crippen LogP contribution in [0.2, 0.25) is 0 Å². The number of aromatic nitrogens is 1. The summed E-state index contributed by atoms with van der Waals surface area (Å²) in [5.41, 5.74) is 7.02. The number of hydrogen-bond donors (Lipinski definition) is 1. The number of rotatable bonds is 5. The minimum absolute atomic E-state index is 0.755. The first-order valence-electron chi connectivity index (χ1n) is 7.83. The van der Waals surface area contributed by atoms with Crippen molar-refractivity contribution in [1.82, 2.24) is 4.98 Å². The van der Waals surface area contributed by atoms with Crippen LogP contribution in [0.15, 0.2) is 87.9 Å². The van der Waals surface area contributed by atoms with Gasteiger partial charge in [0.15, 0.2) is 0 Å². The SMILES string of the molecule is C(=NNc1nc(-c2ccccc2)cs1)c1ccccc1-c1ccco1. The number of furan rings is 1. The van der Waals surface area contributed by atoms with E-state index in [1.165, 1.54) is 11.3 Å². The maximum atomic E-state index is 5.48. The minimum atomic E-state index is 0.755. The summed E-state index contributed by atoms with van der Waals surface area (Å²) in [6, 6.07) is 21.9. The second-order valence-electron chi connectivity index (χ2n) is 5.34. The van der Waals surface area contributed by atoms with E-state index in [4.69, 9.17) is 4.42 Å². The molecule has 4 rings (SSSR count). The molecular formula is C20H15N3OS. The molecule has 2 heterocycles. The summed E-state index contributed by atoms with van der Waals surface area (Å²) in [5, 5.41) is 7.09. The first-order chi connectivity index (χ1) is 12.4. The number of nitrogens with one attached hydrogen (secondary N) is 1. The van der Waals surface area contributed by atoms with Crippen LogP contribution < -0.4 is 5.43 Å². The third-order valence-corrected chi connectivity index (χ3v) is 4.43. The van der Waals surface area contributed by atoms with Crippen LogP contribution in [0, 0.1) is 0 Å². The van der Waals surface area contributed by atoms with Crippen molar-refractivity contribution < 1.29 is 4.42 Å². The van der Waals surface area contributed by atoms with E-state index in [-0.39, 0.29) is 0 Å². The molecule has 0 aliphatic carbocycles. The van der Waals surface area contributed by atoms with E-state index in [0.29, 0.717) is 0 Å². The topological polar surface area (TPSA) is 50.4 Å². The Morgan fingerprint density at radius 2 is 1.80 bits per heavy atom. The van der Waals surface area contributed by atoms with Crippen LogP contribution >= 0.6 is 11.3 Å². The minimum Gasteiger partial charge on any atom is -0.464 e. The molecule has 0 fully saturated rings. The third-order valence-electron chi connectivity index (χ3n) is 3.68. The van der Waals surface area contributed by atoms with Gasteiger partial charge < -0.3 is 4.42 Å². The first kappa shape index (κ1) is 15.4. The molecule has 0 amide bonds. The van der Waals surface area contributed by atoms with Crippen LogP contribution in [0.1, 0.15) is 5.56 Å². The van der Waals surface area contributed by atoms with E-state index in [0.717, 1.165) is 33.3 Å². The van der Waals surface area contributed by atoms with Gasteiger partial charge in [-0.15, -0.1) is 11.3 Å². The van der Waals surface area contributed by atoms with E-state index in [1.807, 2.05) is 72.1 Å². The van der Waals surface area contributed by atoms with E-state index in [1.54, 1.807) is 12.5 Å². The molecule has 0 saturated heterocycles. The molecule has 0 spiro atoms. The zero-order valence-electron chi connectivity index (χ0n) is 13.3. The smallest absolute Gasteiger partial charge is 0.203 e. The van der Waals surface area contributed by atoms with E-state index in [2.05, 4.69) is 15.5 Å². The van der Waals surface area contributed by atoms with Crippen molar-refractivity contribution in [2.75, 3.05) is 5.43 Å². The summed E-state index contributed by atoms with van der Waals surface area (Å²) < 4.78 is 5.48. The second-order valence-corrected chi connectivity index (χ2v) is 6.20. The molecular weight excluding hydrogens is 330 g/mol. The molecule has 25 heavy (non-hydrogen) atoms. The summed E-state index contributed by atoms with van der Waals surface area (Å²) in [6.45, 7) is 0. The maximum Gasteiger partial charge on any atom is 0.203 e. The Labute approximate surface area is 149 Å². The van der Waals surface area contributed by atoms with Crippen LogP contribution in [-0.4, -0.2) is 11.2 Å².